The Bertz CT molecular complexity index is 1190. The molecule has 0 unspecified atom stereocenters. The van der Waals surface area contributed by atoms with E-state index in [0.717, 1.165) is 27.8 Å². The summed E-state index contributed by atoms with van der Waals surface area (Å²) < 4.78 is 6.03. The van der Waals surface area contributed by atoms with E-state index in [1.54, 1.807) is 0 Å². The molecule has 0 amide bonds. The van der Waals surface area contributed by atoms with Crippen molar-refractivity contribution in [2.24, 2.45) is 5.10 Å². The fourth-order valence-corrected chi connectivity index (χ4v) is 3.06. The summed E-state index contributed by atoms with van der Waals surface area (Å²) in [6.45, 7) is 0. The van der Waals surface area contributed by atoms with Crippen LogP contribution in [0.4, 0.5) is 5.69 Å². The second kappa shape index (κ2) is 8.25. The SMILES string of the molecule is S=C(N/N=c1/oc2ccccc2cc1-c1ccc(Cl)cc1)Nc1ccccc1. The summed E-state index contributed by atoms with van der Waals surface area (Å²) in [6, 6.07) is 27.0. The average molecular weight is 406 g/mol. The van der Waals surface area contributed by atoms with Gasteiger partial charge < -0.3 is 9.73 Å². The number of hydrogen-bond donors (Lipinski definition) is 2. The van der Waals surface area contributed by atoms with Crippen LogP contribution >= 0.6 is 23.8 Å². The Kier molecular flexibility index (Phi) is 5.37. The Balaban J connectivity index is 1.71. The highest BCUT2D eigenvalue weighted by atomic mass is 35.5. The van der Waals surface area contributed by atoms with Gasteiger partial charge in [0.15, 0.2) is 5.11 Å². The van der Waals surface area contributed by atoms with Crippen LogP contribution in [0.1, 0.15) is 0 Å². The number of para-hydroxylation sites is 2. The molecule has 2 N–H and O–H groups in total. The van der Waals surface area contributed by atoms with Gasteiger partial charge in [-0.05, 0) is 54.2 Å². The molecule has 3 aromatic carbocycles. The van der Waals surface area contributed by atoms with Crippen molar-refractivity contribution in [2.45, 2.75) is 0 Å². The Morgan fingerprint density at radius 3 is 2.39 bits per heavy atom. The molecule has 0 atom stereocenters. The summed E-state index contributed by atoms with van der Waals surface area (Å²) in [6.07, 6.45) is 0. The number of thiocarbonyl (C=S) groups is 1. The van der Waals surface area contributed by atoms with Crippen molar-refractivity contribution < 1.29 is 4.42 Å². The number of halogens is 1. The van der Waals surface area contributed by atoms with Crippen molar-refractivity contribution in [3.63, 3.8) is 0 Å². The van der Waals surface area contributed by atoms with E-state index in [4.69, 9.17) is 28.2 Å². The van der Waals surface area contributed by atoms with E-state index in [1.807, 2.05) is 84.9 Å². The molecule has 0 radical (unpaired) electrons. The number of rotatable bonds is 3. The van der Waals surface area contributed by atoms with Crippen LogP contribution in [0, 0.1) is 0 Å². The second-order valence-electron chi connectivity index (χ2n) is 6.05. The first kappa shape index (κ1) is 18.2. The standard InChI is InChI=1S/C22H16ClN3OS/c23-17-12-10-15(11-13-17)19-14-16-6-4-5-9-20(16)27-21(19)25-26-22(28)24-18-7-2-1-3-8-18/h1-14H,(H2,24,26,28)/b25-21+. The molecule has 0 aliphatic heterocycles. The predicted molar refractivity (Wildman–Crippen MR) is 118 cm³/mol. The van der Waals surface area contributed by atoms with Gasteiger partial charge in [-0.2, -0.15) is 0 Å². The van der Waals surface area contributed by atoms with Crippen LogP contribution in [0.5, 0.6) is 0 Å². The van der Waals surface area contributed by atoms with Gasteiger partial charge in [-0.3, -0.25) is 0 Å². The number of hydrogen-bond acceptors (Lipinski definition) is 3. The molecule has 0 fully saturated rings. The van der Waals surface area contributed by atoms with Crippen molar-refractivity contribution in [1.82, 2.24) is 5.43 Å². The van der Waals surface area contributed by atoms with Crippen molar-refractivity contribution in [1.29, 1.82) is 0 Å². The molecule has 28 heavy (non-hydrogen) atoms. The molecule has 4 rings (SSSR count). The first-order chi connectivity index (χ1) is 13.7. The molecule has 1 aromatic heterocycles. The van der Waals surface area contributed by atoms with Gasteiger partial charge in [0.05, 0.1) is 0 Å². The number of benzene rings is 3. The highest BCUT2D eigenvalue weighted by Gasteiger charge is 2.07. The van der Waals surface area contributed by atoms with Gasteiger partial charge in [0.25, 0.3) is 0 Å². The van der Waals surface area contributed by atoms with Crippen LogP contribution in [0.3, 0.4) is 0 Å². The van der Waals surface area contributed by atoms with Gasteiger partial charge in [0.1, 0.15) is 5.58 Å². The molecule has 0 aliphatic rings. The molecule has 4 nitrogen and oxygen atoms in total. The Morgan fingerprint density at radius 1 is 0.893 bits per heavy atom. The van der Waals surface area contributed by atoms with Gasteiger partial charge in [-0.15, -0.1) is 5.10 Å². The second-order valence-corrected chi connectivity index (χ2v) is 6.90. The Labute approximate surface area is 172 Å². The smallest absolute Gasteiger partial charge is 0.244 e. The van der Waals surface area contributed by atoms with Gasteiger partial charge in [-0.1, -0.05) is 60.1 Å². The molecule has 0 aliphatic carbocycles. The molecule has 0 bridgehead atoms. The highest BCUT2D eigenvalue weighted by Crippen LogP contribution is 2.22. The summed E-state index contributed by atoms with van der Waals surface area (Å²) in [5, 5.41) is 9.51. The van der Waals surface area contributed by atoms with Crippen LogP contribution in [-0.4, -0.2) is 5.11 Å². The zero-order valence-corrected chi connectivity index (χ0v) is 16.3. The van der Waals surface area contributed by atoms with E-state index in [1.165, 1.54) is 0 Å². The topological polar surface area (TPSA) is 49.6 Å². The van der Waals surface area contributed by atoms with E-state index in [0.29, 0.717) is 15.7 Å². The first-order valence-electron chi connectivity index (χ1n) is 8.64. The van der Waals surface area contributed by atoms with Crippen LogP contribution in [0.15, 0.2) is 94.4 Å². The molecular weight excluding hydrogens is 390 g/mol. The number of fused-ring (bicyclic) bond motifs is 1. The maximum atomic E-state index is 6.03. The van der Waals surface area contributed by atoms with E-state index in [-0.39, 0.29) is 0 Å². The molecule has 6 heteroatoms. The molecule has 0 saturated carbocycles. The van der Waals surface area contributed by atoms with Crippen molar-refractivity contribution in [2.75, 3.05) is 5.32 Å². The quantitative estimate of drug-likeness (QED) is 0.346. The lowest BCUT2D eigenvalue weighted by atomic mass is 10.1. The van der Waals surface area contributed by atoms with Gasteiger partial charge in [-0.25, -0.2) is 5.43 Å². The predicted octanol–water partition coefficient (Wildman–Crippen LogP) is 5.56. The van der Waals surface area contributed by atoms with Gasteiger partial charge in [0.2, 0.25) is 5.55 Å². The summed E-state index contributed by atoms with van der Waals surface area (Å²) in [4.78, 5) is 0. The summed E-state index contributed by atoms with van der Waals surface area (Å²) in [5.74, 6) is 0. The number of nitrogens with zero attached hydrogens (tertiary/aromatic N) is 1. The minimum Gasteiger partial charge on any atom is -0.436 e. The number of nitrogens with one attached hydrogen (secondary N) is 2. The average Bonchev–Trinajstić information content (AvgIpc) is 2.73. The first-order valence-corrected chi connectivity index (χ1v) is 9.42. The summed E-state index contributed by atoms with van der Waals surface area (Å²) in [7, 11) is 0. The molecule has 1 heterocycles. The third-order valence-corrected chi connectivity index (χ3v) is 4.55. The minimum absolute atomic E-state index is 0.372. The number of anilines is 1. The zero-order valence-electron chi connectivity index (χ0n) is 14.7. The lowest BCUT2D eigenvalue weighted by Crippen LogP contribution is -2.26. The molecule has 0 spiro atoms. The lowest BCUT2D eigenvalue weighted by molar-refractivity contribution is 0.533. The molecule has 0 saturated heterocycles. The monoisotopic (exact) mass is 405 g/mol. The normalized spacial score (nSPS) is 11.4. The Hall–Kier alpha value is -3.15. The fourth-order valence-electron chi connectivity index (χ4n) is 2.77. The van der Waals surface area contributed by atoms with E-state index in [2.05, 4.69) is 15.8 Å². The van der Waals surface area contributed by atoms with Gasteiger partial charge >= 0.3 is 0 Å². The van der Waals surface area contributed by atoms with E-state index < -0.39 is 0 Å². The van der Waals surface area contributed by atoms with Crippen LogP contribution in [-0.2, 0) is 0 Å². The van der Waals surface area contributed by atoms with Crippen LogP contribution in [0.2, 0.25) is 5.02 Å². The third kappa shape index (κ3) is 4.22. The van der Waals surface area contributed by atoms with Crippen molar-refractivity contribution in [3.05, 3.63) is 95.5 Å². The fraction of sp³-hybridized carbons (Fsp3) is 0. The maximum Gasteiger partial charge on any atom is 0.244 e. The lowest BCUT2D eigenvalue weighted by Gasteiger charge is -2.08. The maximum absolute atomic E-state index is 6.03. The largest absolute Gasteiger partial charge is 0.436 e. The molecular formula is C22H16ClN3OS. The zero-order chi connectivity index (χ0) is 19.3. The third-order valence-electron chi connectivity index (χ3n) is 4.10. The van der Waals surface area contributed by atoms with Crippen molar-refractivity contribution >= 4 is 45.6 Å². The van der Waals surface area contributed by atoms with E-state index >= 15 is 0 Å². The molecule has 4 aromatic rings. The minimum atomic E-state index is 0.372. The Morgan fingerprint density at radius 2 is 1.61 bits per heavy atom. The summed E-state index contributed by atoms with van der Waals surface area (Å²) >= 11 is 11.4. The summed E-state index contributed by atoms with van der Waals surface area (Å²) in [5.41, 5.74) is 6.69. The highest BCUT2D eigenvalue weighted by molar-refractivity contribution is 7.80. The molecule has 138 valence electrons. The van der Waals surface area contributed by atoms with E-state index in [9.17, 15) is 0 Å². The van der Waals surface area contributed by atoms with Crippen LogP contribution in [0.25, 0.3) is 22.1 Å². The van der Waals surface area contributed by atoms with Gasteiger partial charge in [0, 0.05) is 21.7 Å². The van der Waals surface area contributed by atoms with Crippen LogP contribution < -0.4 is 16.3 Å². The van der Waals surface area contributed by atoms with Crippen molar-refractivity contribution in [3.8, 4) is 11.1 Å².